The van der Waals surface area contributed by atoms with Gasteiger partial charge in [-0.1, -0.05) is 44.2 Å². The van der Waals surface area contributed by atoms with Gasteiger partial charge in [-0.15, -0.1) is 0 Å². The molecule has 1 fully saturated rings. The van der Waals surface area contributed by atoms with Gasteiger partial charge < -0.3 is 10.6 Å². The van der Waals surface area contributed by atoms with Gasteiger partial charge in [0.15, 0.2) is 5.96 Å². The van der Waals surface area contributed by atoms with Crippen molar-refractivity contribution in [2.75, 3.05) is 6.54 Å². The Hall–Kier alpha value is -1.51. The molecule has 2 N–H and O–H groups in total. The third-order valence-corrected chi connectivity index (χ3v) is 4.02. The van der Waals surface area contributed by atoms with E-state index in [4.69, 9.17) is 0 Å². The Morgan fingerprint density at radius 3 is 2.55 bits per heavy atom. The van der Waals surface area contributed by atoms with Crippen LogP contribution in [0.4, 0.5) is 0 Å². The highest BCUT2D eigenvalue weighted by molar-refractivity contribution is 5.81. The maximum absolute atomic E-state index is 4.55. The SMILES string of the molecule is CCN=C(NC(C)C(C)C)NC1CC1c1ccccc1. The molecule has 2 rings (SSSR count). The predicted molar refractivity (Wildman–Crippen MR) is 86.1 cm³/mol. The fourth-order valence-corrected chi connectivity index (χ4v) is 2.27. The average molecular weight is 273 g/mol. The number of hydrogen-bond acceptors (Lipinski definition) is 1. The van der Waals surface area contributed by atoms with E-state index < -0.39 is 0 Å². The summed E-state index contributed by atoms with van der Waals surface area (Å²) in [6, 6.07) is 11.7. The summed E-state index contributed by atoms with van der Waals surface area (Å²) >= 11 is 0. The zero-order valence-corrected chi connectivity index (χ0v) is 13.1. The zero-order chi connectivity index (χ0) is 14.5. The molecule has 1 aromatic carbocycles. The van der Waals surface area contributed by atoms with Crippen LogP contribution in [0.25, 0.3) is 0 Å². The van der Waals surface area contributed by atoms with Crippen molar-refractivity contribution in [1.82, 2.24) is 10.6 Å². The molecule has 3 atom stereocenters. The smallest absolute Gasteiger partial charge is 0.191 e. The fourth-order valence-electron chi connectivity index (χ4n) is 2.27. The lowest BCUT2D eigenvalue weighted by Gasteiger charge is -2.21. The van der Waals surface area contributed by atoms with Crippen molar-refractivity contribution in [1.29, 1.82) is 0 Å². The second kappa shape index (κ2) is 6.78. The molecule has 1 aliphatic rings. The molecule has 3 nitrogen and oxygen atoms in total. The van der Waals surface area contributed by atoms with Crippen molar-refractivity contribution in [3.8, 4) is 0 Å². The Morgan fingerprint density at radius 2 is 1.95 bits per heavy atom. The van der Waals surface area contributed by atoms with E-state index in [-0.39, 0.29) is 0 Å². The van der Waals surface area contributed by atoms with Gasteiger partial charge in [-0.2, -0.15) is 0 Å². The lowest BCUT2D eigenvalue weighted by atomic mass is 10.1. The van der Waals surface area contributed by atoms with Gasteiger partial charge in [0.25, 0.3) is 0 Å². The molecule has 0 radical (unpaired) electrons. The molecule has 0 bridgehead atoms. The van der Waals surface area contributed by atoms with Crippen molar-refractivity contribution in [2.45, 2.75) is 52.1 Å². The van der Waals surface area contributed by atoms with E-state index in [2.05, 4.69) is 73.7 Å². The number of benzene rings is 1. The minimum absolute atomic E-state index is 0.432. The quantitative estimate of drug-likeness (QED) is 0.639. The largest absolute Gasteiger partial charge is 0.354 e. The highest BCUT2D eigenvalue weighted by atomic mass is 15.2. The molecule has 0 aliphatic heterocycles. The second-order valence-corrected chi connectivity index (χ2v) is 6.00. The van der Waals surface area contributed by atoms with Crippen LogP contribution in [-0.4, -0.2) is 24.6 Å². The Bertz CT molecular complexity index is 439. The van der Waals surface area contributed by atoms with Crippen LogP contribution in [0.2, 0.25) is 0 Å². The van der Waals surface area contributed by atoms with Crippen LogP contribution in [0.3, 0.4) is 0 Å². The van der Waals surface area contributed by atoms with E-state index in [1.165, 1.54) is 12.0 Å². The Labute approximate surface area is 122 Å². The van der Waals surface area contributed by atoms with E-state index >= 15 is 0 Å². The minimum Gasteiger partial charge on any atom is -0.354 e. The van der Waals surface area contributed by atoms with Crippen LogP contribution in [0.5, 0.6) is 0 Å². The summed E-state index contributed by atoms with van der Waals surface area (Å²) in [6.45, 7) is 9.54. The summed E-state index contributed by atoms with van der Waals surface area (Å²) in [7, 11) is 0. The summed E-state index contributed by atoms with van der Waals surface area (Å²) in [5.74, 6) is 2.19. The van der Waals surface area contributed by atoms with Crippen LogP contribution >= 0.6 is 0 Å². The highest BCUT2D eigenvalue weighted by Crippen LogP contribution is 2.40. The predicted octanol–water partition coefficient (Wildman–Crippen LogP) is 3.14. The average Bonchev–Trinajstić information content (AvgIpc) is 3.19. The Kier molecular flexibility index (Phi) is 5.05. The first-order valence-electron chi connectivity index (χ1n) is 7.74. The van der Waals surface area contributed by atoms with E-state index in [0.29, 0.717) is 23.9 Å². The lowest BCUT2D eigenvalue weighted by Crippen LogP contribution is -2.45. The maximum atomic E-state index is 4.55. The number of nitrogens with zero attached hydrogens (tertiary/aromatic N) is 1. The lowest BCUT2D eigenvalue weighted by molar-refractivity contribution is 0.480. The summed E-state index contributed by atoms with van der Waals surface area (Å²) < 4.78 is 0. The number of aliphatic imine (C=N–C) groups is 1. The summed E-state index contributed by atoms with van der Waals surface area (Å²) in [4.78, 5) is 4.55. The molecule has 0 heterocycles. The van der Waals surface area contributed by atoms with E-state index in [1.54, 1.807) is 0 Å². The van der Waals surface area contributed by atoms with Gasteiger partial charge in [-0.25, -0.2) is 0 Å². The number of guanidine groups is 1. The van der Waals surface area contributed by atoms with Crippen molar-refractivity contribution < 1.29 is 0 Å². The normalized spacial score (nSPS) is 23.6. The molecule has 1 aromatic rings. The molecule has 1 aliphatic carbocycles. The van der Waals surface area contributed by atoms with Crippen LogP contribution in [-0.2, 0) is 0 Å². The molecule has 3 heteroatoms. The molecule has 1 saturated carbocycles. The number of nitrogens with one attached hydrogen (secondary N) is 2. The molecule has 20 heavy (non-hydrogen) atoms. The van der Waals surface area contributed by atoms with Gasteiger partial charge in [0.05, 0.1) is 0 Å². The molecule has 0 saturated heterocycles. The molecule has 110 valence electrons. The van der Waals surface area contributed by atoms with E-state index in [9.17, 15) is 0 Å². The molecule has 0 aromatic heterocycles. The van der Waals surface area contributed by atoms with Gasteiger partial charge in [0.1, 0.15) is 0 Å². The minimum atomic E-state index is 0.432. The zero-order valence-electron chi connectivity index (χ0n) is 13.1. The van der Waals surface area contributed by atoms with Crippen molar-refractivity contribution >= 4 is 5.96 Å². The second-order valence-electron chi connectivity index (χ2n) is 6.00. The number of rotatable bonds is 5. The van der Waals surface area contributed by atoms with Crippen molar-refractivity contribution in [2.24, 2.45) is 10.9 Å². The fraction of sp³-hybridized carbons (Fsp3) is 0.588. The molecule has 0 amide bonds. The molecular formula is C17H27N3. The summed E-state index contributed by atoms with van der Waals surface area (Å²) in [5, 5.41) is 7.06. The Balaban J connectivity index is 1.90. The monoisotopic (exact) mass is 273 g/mol. The Morgan fingerprint density at radius 1 is 1.25 bits per heavy atom. The third-order valence-electron chi connectivity index (χ3n) is 4.02. The third kappa shape index (κ3) is 3.99. The van der Waals surface area contributed by atoms with Gasteiger partial charge in [-0.3, -0.25) is 4.99 Å². The van der Waals surface area contributed by atoms with Crippen LogP contribution in [0.1, 0.15) is 45.6 Å². The van der Waals surface area contributed by atoms with Crippen molar-refractivity contribution in [3.05, 3.63) is 35.9 Å². The first-order chi connectivity index (χ1) is 9.61. The van der Waals surface area contributed by atoms with Crippen LogP contribution in [0, 0.1) is 5.92 Å². The van der Waals surface area contributed by atoms with Gasteiger partial charge in [0, 0.05) is 24.5 Å². The van der Waals surface area contributed by atoms with Crippen LogP contribution in [0.15, 0.2) is 35.3 Å². The van der Waals surface area contributed by atoms with E-state index in [1.807, 2.05) is 0 Å². The first-order valence-corrected chi connectivity index (χ1v) is 7.74. The number of hydrogen-bond donors (Lipinski definition) is 2. The van der Waals surface area contributed by atoms with Gasteiger partial charge >= 0.3 is 0 Å². The molecular weight excluding hydrogens is 246 g/mol. The van der Waals surface area contributed by atoms with Gasteiger partial charge in [0.2, 0.25) is 0 Å². The van der Waals surface area contributed by atoms with Crippen LogP contribution < -0.4 is 10.6 Å². The summed E-state index contributed by atoms with van der Waals surface area (Å²) in [5.41, 5.74) is 1.43. The van der Waals surface area contributed by atoms with Crippen molar-refractivity contribution in [3.63, 3.8) is 0 Å². The molecule has 3 unspecified atom stereocenters. The molecule has 0 spiro atoms. The standard InChI is InChI=1S/C17H27N3/c1-5-18-17(19-13(4)12(2)3)20-16-11-15(16)14-9-7-6-8-10-14/h6-10,12-13,15-16H,5,11H2,1-4H3,(H2,18,19,20). The topological polar surface area (TPSA) is 36.4 Å². The summed E-state index contributed by atoms with van der Waals surface area (Å²) in [6.07, 6.45) is 1.20. The van der Waals surface area contributed by atoms with E-state index in [0.717, 1.165) is 12.5 Å². The highest BCUT2D eigenvalue weighted by Gasteiger charge is 2.39. The maximum Gasteiger partial charge on any atom is 0.191 e. The van der Waals surface area contributed by atoms with Gasteiger partial charge in [-0.05, 0) is 31.7 Å². The first kappa shape index (κ1) is 14.9.